The smallest absolute Gasteiger partial charge is 0.197 e. The van der Waals surface area contributed by atoms with Crippen LogP contribution >= 0.6 is 15.9 Å². The average Bonchev–Trinajstić information content (AvgIpc) is 2.31. The summed E-state index contributed by atoms with van der Waals surface area (Å²) in [6.07, 6.45) is 0. The van der Waals surface area contributed by atoms with Crippen LogP contribution in [-0.2, 0) is 0 Å². The summed E-state index contributed by atoms with van der Waals surface area (Å²) < 4.78 is 27.1. The topological polar surface area (TPSA) is 17.1 Å². The van der Waals surface area contributed by atoms with Crippen molar-refractivity contribution in [2.45, 2.75) is 6.92 Å². The van der Waals surface area contributed by atoms with E-state index in [1.54, 1.807) is 18.2 Å². The molecule has 1 nitrogen and oxygen atoms in total. The van der Waals surface area contributed by atoms with Crippen LogP contribution in [0.15, 0.2) is 40.9 Å². The first kappa shape index (κ1) is 12.9. The van der Waals surface area contributed by atoms with Crippen LogP contribution in [0.4, 0.5) is 8.78 Å². The van der Waals surface area contributed by atoms with E-state index in [9.17, 15) is 13.6 Å². The summed E-state index contributed by atoms with van der Waals surface area (Å²) in [6, 6.07) is 7.93. The van der Waals surface area contributed by atoms with Gasteiger partial charge in [-0.3, -0.25) is 4.79 Å². The van der Waals surface area contributed by atoms with Gasteiger partial charge in [0.1, 0.15) is 11.6 Å². The fraction of sp³-hybridized carbons (Fsp3) is 0.0714. The van der Waals surface area contributed by atoms with Gasteiger partial charge in [-0.2, -0.15) is 0 Å². The zero-order valence-corrected chi connectivity index (χ0v) is 11.1. The predicted octanol–water partition coefficient (Wildman–Crippen LogP) is 4.27. The third-order valence-electron chi connectivity index (χ3n) is 2.54. The van der Waals surface area contributed by atoms with Gasteiger partial charge < -0.3 is 0 Å². The average molecular weight is 311 g/mol. The highest BCUT2D eigenvalue weighted by molar-refractivity contribution is 9.10. The van der Waals surface area contributed by atoms with Crippen molar-refractivity contribution in [1.82, 2.24) is 0 Å². The normalized spacial score (nSPS) is 10.4. The lowest BCUT2D eigenvalue weighted by atomic mass is 10.0. The van der Waals surface area contributed by atoms with E-state index in [2.05, 4.69) is 15.9 Å². The minimum atomic E-state index is -0.728. The quantitative estimate of drug-likeness (QED) is 0.757. The van der Waals surface area contributed by atoms with E-state index >= 15 is 0 Å². The van der Waals surface area contributed by atoms with Crippen molar-refractivity contribution in [2.24, 2.45) is 0 Å². The first-order valence-electron chi connectivity index (χ1n) is 5.25. The first-order valence-corrected chi connectivity index (χ1v) is 6.04. The fourth-order valence-corrected chi connectivity index (χ4v) is 2.29. The Labute approximate surface area is 112 Å². The van der Waals surface area contributed by atoms with E-state index < -0.39 is 17.4 Å². The molecular weight excluding hydrogens is 302 g/mol. The lowest BCUT2D eigenvalue weighted by molar-refractivity contribution is 0.103. The second-order valence-electron chi connectivity index (χ2n) is 3.94. The fourth-order valence-electron chi connectivity index (χ4n) is 1.62. The molecule has 0 fully saturated rings. The molecule has 18 heavy (non-hydrogen) atoms. The molecule has 2 aromatic carbocycles. The molecule has 0 aliphatic heterocycles. The Morgan fingerprint density at radius 3 is 2.44 bits per heavy atom. The Bertz CT molecular complexity index is 623. The second kappa shape index (κ2) is 4.98. The highest BCUT2D eigenvalue weighted by Crippen LogP contribution is 2.23. The van der Waals surface area contributed by atoms with Crippen LogP contribution in [-0.4, -0.2) is 5.78 Å². The molecule has 0 atom stereocenters. The van der Waals surface area contributed by atoms with Crippen LogP contribution in [0, 0.1) is 18.6 Å². The maximum Gasteiger partial charge on any atom is 0.197 e. The van der Waals surface area contributed by atoms with Crippen LogP contribution < -0.4 is 0 Å². The lowest BCUT2D eigenvalue weighted by Crippen LogP contribution is -2.06. The van der Waals surface area contributed by atoms with Crippen LogP contribution in [0.2, 0.25) is 0 Å². The molecule has 4 heteroatoms. The van der Waals surface area contributed by atoms with Crippen molar-refractivity contribution in [1.29, 1.82) is 0 Å². The third-order valence-corrected chi connectivity index (χ3v) is 3.20. The molecule has 0 saturated carbocycles. The molecule has 0 saturated heterocycles. The van der Waals surface area contributed by atoms with Gasteiger partial charge in [-0.05, 0) is 42.8 Å². The molecule has 0 heterocycles. The number of hydrogen-bond acceptors (Lipinski definition) is 1. The number of carbonyl (C=O) groups excluding carboxylic acids is 1. The first-order chi connectivity index (χ1) is 8.49. The molecule has 2 rings (SSSR count). The van der Waals surface area contributed by atoms with Crippen molar-refractivity contribution < 1.29 is 13.6 Å². The molecule has 0 aliphatic rings. The van der Waals surface area contributed by atoms with E-state index in [1.165, 1.54) is 0 Å². The number of aryl methyl sites for hydroxylation is 1. The largest absolute Gasteiger partial charge is 0.288 e. The minimum Gasteiger partial charge on any atom is -0.288 e. The Morgan fingerprint density at radius 1 is 1.06 bits per heavy atom. The second-order valence-corrected chi connectivity index (χ2v) is 4.79. The van der Waals surface area contributed by atoms with Gasteiger partial charge >= 0.3 is 0 Å². The molecule has 2 aromatic rings. The van der Waals surface area contributed by atoms with Crippen molar-refractivity contribution in [3.05, 3.63) is 69.2 Å². The van der Waals surface area contributed by atoms with E-state index in [1.807, 2.05) is 6.92 Å². The lowest BCUT2D eigenvalue weighted by Gasteiger charge is -2.06. The Hall–Kier alpha value is -1.55. The van der Waals surface area contributed by atoms with Crippen molar-refractivity contribution in [3.8, 4) is 0 Å². The summed E-state index contributed by atoms with van der Waals surface area (Å²) in [7, 11) is 0. The van der Waals surface area contributed by atoms with E-state index in [0.29, 0.717) is 10.0 Å². The van der Waals surface area contributed by atoms with Gasteiger partial charge in [0.05, 0.1) is 5.56 Å². The van der Waals surface area contributed by atoms with Gasteiger partial charge in [0.2, 0.25) is 0 Å². The van der Waals surface area contributed by atoms with Crippen LogP contribution in [0.25, 0.3) is 0 Å². The van der Waals surface area contributed by atoms with Gasteiger partial charge in [0, 0.05) is 10.0 Å². The summed E-state index contributed by atoms with van der Waals surface area (Å²) in [5.41, 5.74) is 1.02. The van der Waals surface area contributed by atoms with Gasteiger partial charge in [-0.1, -0.05) is 22.0 Å². The third kappa shape index (κ3) is 2.48. The monoisotopic (exact) mass is 310 g/mol. The summed E-state index contributed by atoms with van der Waals surface area (Å²) in [6.45, 7) is 1.88. The molecule has 0 amide bonds. The molecule has 0 N–H and O–H groups in total. The predicted molar refractivity (Wildman–Crippen MR) is 68.7 cm³/mol. The van der Waals surface area contributed by atoms with Gasteiger partial charge in [0.25, 0.3) is 0 Å². The van der Waals surface area contributed by atoms with Gasteiger partial charge in [-0.15, -0.1) is 0 Å². The molecule has 0 spiro atoms. The maximum absolute atomic E-state index is 13.5. The zero-order chi connectivity index (χ0) is 13.3. The number of halogens is 3. The standard InChI is InChI=1S/C14H9BrF2O/c1-8-2-4-10(12(15)6-8)14(18)11-7-9(16)3-5-13(11)17/h2-7H,1H3. The molecular formula is C14H9BrF2O. The molecule has 0 aliphatic carbocycles. The molecule has 0 bridgehead atoms. The molecule has 0 aromatic heterocycles. The Morgan fingerprint density at radius 2 is 1.78 bits per heavy atom. The summed E-state index contributed by atoms with van der Waals surface area (Å²) in [5, 5.41) is 0. The van der Waals surface area contributed by atoms with E-state index in [0.717, 1.165) is 23.8 Å². The highest BCUT2D eigenvalue weighted by Gasteiger charge is 2.17. The number of benzene rings is 2. The Balaban J connectivity index is 2.51. The van der Waals surface area contributed by atoms with Crippen molar-refractivity contribution in [3.63, 3.8) is 0 Å². The summed E-state index contributed by atoms with van der Waals surface area (Å²) in [5.74, 6) is -1.91. The summed E-state index contributed by atoms with van der Waals surface area (Å²) in [4.78, 5) is 12.1. The molecule has 0 unspecified atom stereocenters. The highest BCUT2D eigenvalue weighted by atomic mass is 79.9. The van der Waals surface area contributed by atoms with E-state index in [4.69, 9.17) is 0 Å². The van der Waals surface area contributed by atoms with Crippen molar-refractivity contribution >= 4 is 21.7 Å². The van der Waals surface area contributed by atoms with Crippen LogP contribution in [0.3, 0.4) is 0 Å². The van der Waals surface area contributed by atoms with Gasteiger partial charge in [-0.25, -0.2) is 8.78 Å². The van der Waals surface area contributed by atoms with Crippen molar-refractivity contribution in [2.75, 3.05) is 0 Å². The zero-order valence-electron chi connectivity index (χ0n) is 9.51. The minimum absolute atomic E-state index is 0.264. The number of carbonyl (C=O) groups is 1. The van der Waals surface area contributed by atoms with Gasteiger partial charge in [0.15, 0.2) is 5.78 Å². The number of ketones is 1. The SMILES string of the molecule is Cc1ccc(C(=O)c2cc(F)ccc2F)c(Br)c1. The maximum atomic E-state index is 13.5. The van der Waals surface area contributed by atoms with Crippen LogP contribution in [0.5, 0.6) is 0 Å². The molecule has 0 radical (unpaired) electrons. The van der Waals surface area contributed by atoms with Crippen LogP contribution in [0.1, 0.15) is 21.5 Å². The summed E-state index contributed by atoms with van der Waals surface area (Å²) >= 11 is 3.25. The number of rotatable bonds is 2. The number of hydrogen-bond donors (Lipinski definition) is 0. The van der Waals surface area contributed by atoms with E-state index in [-0.39, 0.29) is 5.56 Å². The Kier molecular flexibility index (Phi) is 3.57. The molecule has 92 valence electrons.